The van der Waals surface area contributed by atoms with E-state index in [1.54, 1.807) is 7.11 Å². The first-order valence-corrected chi connectivity index (χ1v) is 12.4. The topological polar surface area (TPSA) is 91.2 Å². The van der Waals surface area contributed by atoms with Crippen molar-refractivity contribution in [2.24, 2.45) is 0 Å². The molecule has 0 spiro atoms. The number of hydrogen-bond acceptors (Lipinski definition) is 8. The van der Waals surface area contributed by atoms with Crippen LogP contribution in [0, 0.1) is 6.92 Å². The normalized spacial score (nSPS) is 12.7. The molecule has 0 bridgehead atoms. The smallest absolute Gasteiger partial charge is 0.239 e. The van der Waals surface area contributed by atoms with E-state index in [2.05, 4.69) is 20.5 Å². The number of carbonyl (C=O) groups is 1. The van der Waals surface area contributed by atoms with E-state index >= 15 is 0 Å². The van der Waals surface area contributed by atoms with Gasteiger partial charge < -0.3 is 14.8 Å². The lowest BCUT2D eigenvalue weighted by Crippen LogP contribution is -2.23. The van der Waals surface area contributed by atoms with Gasteiger partial charge in [-0.2, -0.15) is 0 Å². The minimum Gasteiger partial charge on any atom is -0.493 e. The molecule has 0 saturated heterocycles. The minimum atomic E-state index is -0.430. The quantitative estimate of drug-likeness (QED) is 0.315. The van der Waals surface area contributed by atoms with Crippen LogP contribution in [0.15, 0.2) is 65.1 Å². The predicted molar refractivity (Wildman–Crippen MR) is 134 cm³/mol. The van der Waals surface area contributed by atoms with Gasteiger partial charge in [0.1, 0.15) is 0 Å². The molecule has 1 N–H and O–H groups in total. The van der Waals surface area contributed by atoms with Gasteiger partial charge in [-0.05, 0) is 45.0 Å². The first-order chi connectivity index (χ1) is 16.5. The molecule has 0 saturated carbocycles. The molecule has 4 rings (SSSR count). The number of hydrogen-bond donors (Lipinski definition) is 1. The number of aromatic nitrogens is 4. The molecule has 2 aromatic carbocycles. The van der Waals surface area contributed by atoms with Crippen LogP contribution in [0.1, 0.15) is 31.5 Å². The number of amides is 1. The summed E-state index contributed by atoms with van der Waals surface area (Å²) in [5, 5.41) is 14.3. The van der Waals surface area contributed by atoms with Crippen LogP contribution in [-0.2, 0) is 4.79 Å². The number of methoxy groups -OCH3 is 1. The van der Waals surface area contributed by atoms with E-state index < -0.39 is 11.4 Å². The lowest BCUT2D eigenvalue weighted by molar-refractivity contribution is -0.115. The van der Waals surface area contributed by atoms with Gasteiger partial charge in [0, 0.05) is 11.1 Å². The predicted octanol–water partition coefficient (Wildman–Crippen LogP) is 5.30. The van der Waals surface area contributed by atoms with E-state index in [0.717, 1.165) is 11.4 Å². The maximum Gasteiger partial charge on any atom is 0.239 e. The lowest BCUT2D eigenvalue weighted by atomic mass is 10.3. The molecule has 0 aliphatic carbocycles. The zero-order chi connectivity index (χ0) is 24.1. The number of carbonyl (C=O) groups excluding carboxylic acids is 1. The Hall–Kier alpha value is -3.37. The Morgan fingerprint density at radius 1 is 1.06 bits per heavy atom. The summed E-state index contributed by atoms with van der Waals surface area (Å²) in [5.74, 6) is 1.71. The zero-order valence-electron chi connectivity index (χ0n) is 19.3. The van der Waals surface area contributed by atoms with E-state index in [1.165, 1.54) is 23.1 Å². The molecular formula is C24H25N5O3S2. The van der Waals surface area contributed by atoms with Crippen molar-refractivity contribution in [3.05, 3.63) is 71.5 Å². The second kappa shape index (κ2) is 10.7. The number of nitrogens with one attached hydrogen (secondary N) is 1. The molecule has 176 valence electrons. The second-order valence-corrected chi connectivity index (χ2v) is 9.63. The highest BCUT2D eigenvalue weighted by molar-refractivity contribution is 8.00. The Kier molecular flexibility index (Phi) is 7.49. The average molecular weight is 496 g/mol. The number of nitrogens with zero attached hydrogens (tertiary/aromatic N) is 4. The van der Waals surface area contributed by atoms with Crippen LogP contribution in [0.4, 0.5) is 5.13 Å². The third-order valence-electron chi connectivity index (χ3n) is 4.91. The van der Waals surface area contributed by atoms with E-state index in [4.69, 9.17) is 9.47 Å². The second-order valence-electron chi connectivity index (χ2n) is 7.47. The van der Waals surface area contributed by atoms with Gasteiger partial charge in [-0.15, -0.1) is 21.5 Å². The third-order valence-corrected chi connectivity index (χ3v) is 6.83. The number of aryl methyl sites for hydroxylation is 1. The van der Waals surface area contributed by atoms with Crippen molar-refractivity contribution in [2.45, 2.75) is 37.3 Å². The maximum atomic E-state index is 12.8. The number of rotatable bonds is 9. The van der Waals surface area contributed by atoms with Crippen LogP contribution in [0.3, 0.4) is 0 Å². The summed E-state index contributed by atoms with van der Waals surface area (Å²) in [4.78, 5) is 17.1. The average Bonchev–Trinajstić information content (AvgIpc) is 3.45. The summed E-state index contributed by atoms with van der Waals surface area (Å²) < 4.78 is 13.5. The molecule has 10 heteroatoms. The van der Waals surface area contributed by atoms with E-state index in [0.29, 0.717) is 27.6 Å². The lowest BCUT2D eigenvalue weighted by Gasteiger charge is -2.18. The van der Waals surface area contributed by atoms with Gasteiger partial charge in [0.25, 0.3) is 0 Å². The van der Waals surface area contributed by atoms with Crippen LogP contribution in [0.25, 0.3) is 5.69 Å². The Morgan fingerprint density at radius 3 is 2.44 bits per heavy atom. The Labute approximate surface area is 206 Å². The maximum absolute atomic E-state index is 12.8. The van der Waals surface area contributed by atoms with E-state index in [1.807, 2.05) is 85.3 Å². The molecule has 0 radical (unpaired) electrons. The van der Waals surface area contributed by atoms with Gasteiger partial charge in [-0.25, -0.2) is 4.98 Å². The standard InChI is InChI=1S/C24H25N5O3S2/c1-15-14-33-23(25-15)26-22(30)17(3)34-24-28-27-21(29(24)18-10-6-5-7-11-18)16(2)32-20-13-9-8-12-19(20)31-4/h5-14,16-17H,1-4H3,(H,25,26,30). The van der Waals surface area contributed by atoms with Crippen LogP contribution < -0.4 is 14.8 Å². The first kappa shape index (κ1) is 23.8. The van der Waals surface area contributed by atoms with E-state index in [-0.39, 0.29) is 5.91 Å². The van der Waals surface area contributed by atoms with Gasteiger partial charge in [0.05, 0.1) is 18.1 Å². The van der Waals surface area contributed by atoms with Gasteiger partial charge in [-0.1, -0.05) is 42.1 Å². The SMILES string of the molecule is COc1ccccc1OC(C)c1nnc(SC(C)C(=O)Nc2nc(C)cs2)n1-c1ccccc1. The molecule has 2 aromatic heterocycles. The highest BCUT2D eigenvalue weighted by Gasteiger charge is 2.25. The molecule has 2 unspecified atom stereocenters. The summed E-state index contributed by atoms with van der Waals surface area (Å²) in [7, 11) is 1.60. The van der Waals surface area contributed by atoms with Crippen molar-refractivity contribution in [1.82, 2.24) is 19.7 Å². The third kappa shape index (κ3) is 5.40. The largest absolute Gasteiger partial charge is 0.493 e. The number of para-hydroxylation sites is 3. The van der Waals surface area contributed by atoms with Crippen molar-refractivity contribution < 1.29 is 14.3 Å². The summed E-state index contributed by atoms with van der Waals surface area (Å²) in [6.45, 7) is 5.63. The van der Waals surface area contributed by atoms with Gasteiger partial charge >= 0.3 is 0 Å². The highest BCUT2D eigenvalue weighted by Crippen LogP contribution is 2.33. The summed E-state index contributed by atoms with van der Waals surface area (Å²) in [6.07, 6.45) is -0.430. The van der Waals surface area contributed by atoms with Crippen molar-refractivity contribution in [3.8, 4) is 17.2 Å². The molecular weight excluding hydrogens is 470 g/mol. The van der Waals surface area contributed by atoms with Crippen LogP contribution in [0.2, 0.25) is 0 Å². The van der Waals surface area contributed by atoms with E-state index in [9.17, 15) is 4.79 Å². The fraction of sp³-hybridized carbons (Fsp3) is 0.250. The number of thioether (sulfide) groups is 1. The fourth-order valence-electron chi connectivity index (χ4n) is 3.23. The first-order valence-electron chi connectivity index (χ1n) is 10.7. The van der Waals surface area contributed by atoms with Crippen LogP contribution in [0.5, 0.6) is 11.5 Å². The molecule has 34 heavy (non-hydrogen) atoms. The number of thiazole rings is 1. The zero-order valence-corrected chi connectivity index (χ0v) is 20.9. The summed E-state index contributed by atoms with van der Waals surface area (Å²) in [6, 6.07) is 17.2. The van der Waals surface area contributed by atoms with Crippen molar-refractivity contribution in [1.29, 1.82) is 0 Å². The van der Waals surface area contributed by atoms with Crippen molar-refractivity contribution >= 4 is 34.1 Å². The molecule has 2 atom stereocenters. The molecule has 1 amide bonds. The fourth-order valence-corrected chi connectivity index (χ4v) is 4.80. The highest BCUT2D eigenvalue weighted by atomic mass is 32.2. The Balaban J connectivity index is 1.60. The number of ether oxygens (including phenoxy) is 2. The molecule has 2 heterocycles. The molecule has 0 aliphatic heterocycles. The Morgan fingerprint density at radius 2 is 1.76 bits per heavy atom. The number of anilines is 1. The number of benzene rings is 2. The van der Waals surface area contributed by atoms with Crippen LogP contribution >= 0.6 is 23.1 Å². The molecule has 4 aromatic rings. The van der Waals surface area contributed by atoms with Gasteiger partial charge in [-0.3, -0.25) is 9.36 Å². The molecule has 0 aliphatic rings. The minimum absolute atomic E-state index is 0.151. The molecule has 8 nitrogen and oxygen atoms in total. The van der Waals surface area contributed by atoms with Crippen LogP contribution in [-0.4, -0.2) is 38.0 Å². The van der Waals surface area contributed by atoms with Crippen molar-refractivity contribution in [3.63, 3.8) is 0 Å². The summed E-state index contributed by atoms with van der Waals surface area (Å²) in [5.41, 5.74) is 1.75. The Bertz CT molecular complexity index is 1260. The van der Waals surface area contributed by atoms with Gasteiger partial charge in [0.15, 0.2) is 33.7 Å². The summed E-state index contributed by atoms with van der Waals surface area (Å²) >= 11 is 2.73. The van der Waals surface area contributed by atoms with Crippen molar-refractivity contribution in [2.75, 3.05) is 12.4 Å². The van der Waals surface area contributed by atoms with Gasteiger partial charge in [0.2, 0.25) is 5.91 Å². The monoisotopic (exact) mass is 495 g/mol. The molecule has 0 fully saturated rings.